The SMILES string of the molecule is O=C(CN1CCC(NC(=O)CCSCc2ccccn2)CC1)Nc1ccccc1. The number of benzene rings is 1. The molecule has 0 saturated carbocycles. The summed E-state index contributed by atoms with van der Waals surface area (Å²) >= 11 is 1.73. The van der Waals surface area contributed by atoms with Gasteiger partial charge in [-0.15, -0.1) is 0 Å². The molecule has 0 atom stereocenters. The number of nitrogens with one attached hydrogen (secondary N) is 2. The van der Waals surface area contributed by atoms with E-state index in [0.29, 0.717) is 13.0 Å². The molecule has 2 heterocycles. The van der Waals surface area contributed by atoms with Gasteiger partial charge in [-0.2, -0.15) is 11.8 Å². The highest BCUT2D eigenvalue weighted by molar-refractivity contribution is 7.98. The number of anilines is 1. The predicted octanol–water partition coefficient (Wildman–Crippen LogP) is 2.92. The molecule has 1 aromatic carbocycles. The Bertz CT molecular complexity index is 765. The smallest absolute Gasteiger partial charge is 0.238 e. The van der Waals surface area contributed by atoms with Gasteiger partial charge in [-0.1, -0.05) is 24.3 Å². The van der Waals surface area contributed by atoms with Crippen LogP contribution < -0.4 is 10.6 Å². The van der Waals surface area contributed by atoms with E-state index in [1.54, 1.807) is 18.0 Å². The minimum Gasteiger partial charge on any atom is -0.353 e. The zero-order chi connectivity index (χ0) is 20.3. The lowest BCUT2D eigenvalue weighted by molar-refractivity contribution is -0.122. The highest BCUT2D eigenvalue weighted by Crippen LogP contribution is 2.13. The lowest BCUT2D eigenvalue weighted by Gasteiger charge is -2.31. The second-order valence-corrected chi connectivity index (χ2v) is 8.26. The van der Waals surface area contributed by atoms with Crippen LogP contribution in [-0.4, -0.2) is 53.1 Å². The first-order valence-electron chi connectivity index (χ1n) is 10.0. The third-order valence-corrected chi connectivity index (χ3v) is 5.82. The number of para-hydroxylation sites is 1. The Kier molecular flexibility index (Phi) is 8.52. The van der Waals surface area contributed by atoms with E-state index in [-0.39, 0.29) is 17.9 Å². The minimum atomic E-state index is 0.00335. The summed E-state index contributed by atoms with van der Waals surface area (Å²) in [4.78, 5) is 30.8. The van der Waals surface area contributed by atoms with Crippen LogP contribution in [0.5, 0.6) is 0 Å². The van der Waals surface area contributed by atoms with Crippen molar-refractivity contribution in [2.75, 3.05) is 30.7 Å². The van der Waals surface area contributed by atoms with Crippen molar-refractivity contribution in [2.24, 2.45) is 0 Å². The maximum Gasteiger partial charge on any atom is 0.238 e. The van der Waals surface area contributed by atoms with Gasteiger partial charge in [0, 0.05) is 48.9 Å². The zero-order valence-electron chi connectivity index (χ0n) is 16.5. The molecule has 0 aliphatic carbocycles. The first-order chi connectivity index (χ1) is 14.2. The van der Waals surface area contributed by atoms with Crippen LogP contribution in [0.4, 0.5) is 5.69 Å². The zero-order valence-corrected chi connectivity index (χ0v) is 17.4. The fourth-order valence-electron chi connectivity index (χ4n) is 3.29. The highest BCUT2D eigenvalue weighted by Gasteiger charge is 2.22. The van der Waals surface area contributed by atoms with Gasteiger partial charge in [-0.05, 0) is 37.1 Å². The Morgan fingerprint density at radius 1 is 1.03 bits per heavy atom. The van der Waals surface area contributed by atoms with Crippen LogP contribution in [-0.2, 0) is 15.3 Å². The molecule has 0 bridgehead atoms. The largest absolute Gasteiger partial charge is 0.353 e. The molecular formula is C22H28N4O2S. The lowest BCUT2D eigenvalue weighted by Crippen LogP contribution is -2.46. The molecule has 2 aromatic rings. The van der Waals surface area contributed by atoms with E-state index in [0.717, 1.165) is 48.8 Å². The average molecular weight is 413 g/mol. The summed E-state index contributed by atoms with van der Waals surface area (Å²) < 4.78 is 0. The van der Waals surface area contributed by atoms with Gasteiger partial charge < -0.3 is 10.6 Å². The first-order valence-corrected chi connectivity index (χ1v) is 11.2. The van der Waals surface area contributed by atoms with Crippen molar-refractivity contribution in [3.63, 3.8) is 0 Å². The Morgan fingerprint density at radius 2 is 1.79 bits per heavy atom. The van der Waals surface area contributed by atoms with Gasteiger partial charge in [0.05, 0.1) is 12.2 Å². The van der Waals surface area contributed by atoms with Crippen molar-refractivity contribution in [3.05, 3.63) is 60.4 Å². The average Bonchev–Trinajstić information content (AvgIpc) is 2.74. The molecule has 2 N–H and O–H groups in total. The molecule has 154 valence electrons. The molecule has 3 rings (SSSR count). The molecule has 6 nitrogen and oxygen atoms in total. The minimum absolute atomic E-state index is 0.00335. The molecule has 7 heteroatoms. The van der Waals surface area contributed by atoms with Gasteiger partial charge in [-0.3, -0.25) is 19.5 Å². The molecule has 1 aromatic heterocycles. The van der Waals surface area contributed by atoms with E-state index in [2.05, 4.69) is 20.5 Å². The third-order valence-electron chi connectivity index (χ3n) is 4.83. The van der Waals surface area contributed by atoms with Gasteiger partial charge >= 0.3 is 0 Å². The third kappa shape index (κ3) is 7.87. The van der Waals surface area contributed by atoms with Crippen LogP contribution >= 0.6 is 11.8 Å². The molecular weight excluding hydrogens is 384 g/mol. The number of carbonyl (C=O) groups is 2. The summed E-state index contributed by atoms with van der Waals surface area (Å²) in [5.41, 5.74) is 1.86. The van der Waals surface area contributed by atoms with E-state index in [1.165, 1.54) is 0 Å². The van der Waals surface area contributed by atoms with E-state index < -0.39 is 0 Å². The van der Waals surface area contributed by atoms with Gasteiger partial charge in [-0.25, -0.2) is 0 Å². The van der Waals surface area contributed by atoms with Crippen LogP contribution in [0, 0.1) is 0 Å². The number of nitrogens with zero attached hydrogens (tertiary/aromatic N) is 2. The molecule has 0 unspecified atom stereocenters. The van der Waals surface area contributed by atoms with Gasteiger partial charge in [0.15, 0.2) is 0 Å². The standard InChI is InChI=1S/C22H28N4O2S/c27-21(11-15-29-17-20-8-4-5-12-23-20)24-19-9-13-26(14-10-19)16-22(28)25-18-6-2-1-3-7-18/h1-8,12,19H,9-11,13-17H2,(H,24,27)(H,25,28). The molecule has 1 aliphatic rings. The van der Waals surface area contributed by atoms with E-state index in [1.807, 2.05) is 48.5 Å². The van der Waals surface area contributed by atoms with Crippen molar-refractivity contribution in [2.45, 2.75) is 31.1 Å². The molecule has 1 saturated heterocycles. The maximum atomic E-state index is 12.2. The van der Waals surface area contributed by atoms with Crippen LogP contribution in [0.1, 0.15) is 25.0 Å². The predicted molar refractivity (Wildman–Crippen MR) is 118 cm³/mol. The quantitative estimate of drug-likeness (QED) is 0.620. The number of thioether (sulfide) groups is 1. The van der Waals surface area contributed by atoms with Crippen molar-refractivity contribution >= 4 is 29.3 Å². The number of aromatic nitrogens is 1. The number of amides is 2. The Balaban J connectivity index is 1.27. The number of likely N-dealkylation sites (tertiary alicyclic amines) is 1. The number of hydrogen-bond acceptors (Lipinski definition) is 5. The van der Waals surface area contributed by atoms with E-state index >= 15 is 0 Å². The van der Waals surface area contributed by atoms with E-state index in [9.17, 15) is 9.59 Å². The first kappa shape index (κ1) is 21.3. The summed E-state index contributed by atoms with van der Waals surface area (Å²) in [6.45, 7) is 2.03. The van der Waals surface area contributed by atoms with Crippen LogP contribution in [0.3, 0.4) is 0 Å². The summed E-state index contributed by atoms with van der Waals surface area (Å²) in [5, 5.41) is 6.05. The molecule has 0 spiro atoms. The Morgan fingerprint density at radius 3 is 2.52 bits per heavy atom. The fraction of sp³-hybridized carbons (Fsp3) is 0.409. The lowest BCUT2D eigenvalue weighted by atomic mass is 10.0. The Hall–Kier alpha value is -2.38. The molecule has 1 fully saturated rings. The number of piperidine rings is 1. The number of pyridine rings is 1. The van der Waals surface area contributed by atoms with Crippen molar-refractivity contribution in [3.8, 4) is 0 Å². The second-order valence-electron chi connectivity index (χ2n) is 7.16. The summed E-state index contributed by atoms with van der Waals surface area (Å²) in [5.74, 6) is 1.74. The number of carbonyl (C=O) groups excluding carboxylic acids is 2. The van der Waals surface area contributed by atoms with Gasteiger partial charge in [0.25, 0.3) is 0 Å². The Labute approximate surface area is 176 Å². The van der Waals surface area contributed by atoms with Crippen LogP contribution in [0.25, 0.3) is 0 Å². The number of hydrogen-bond donors (Lipinski definition) is 2. The van der Waals surface area contributed by atoms with E-state index in [4.69, 9.17) is 0 Å². The van der Waals surface area contributed by atoms with Crippen LogP contribution in [0.2, 0.25) is 0 Å². The van der Waals surface area contributed by atoms with Gasteiger partial charge in [0.2, 0.25) is 11.8 Å². The van der Waals surface area contributed by atoms with Crippen molar-refractivity contribution in [1.82, 2.24) is 15.2 Å². The maximum absolute atomic E-state index is 12.2. The molecule has 1 aliphatic heterocycles. The topological polar surface area (TPSA) is 74.3 Å². The number of rotatable bonds is 9. The second kappa shape index (κ2) is 11.6. The van der Waals surface area contributed by atoms with Crippen molar-refractivity contribution in [1.29, 1.82) is 0 Å². The molecule has 0 radical (unpaired) electrons. The summed E-state index contributed by atoms with van der Waals surface area (Å²) in [6, 6.07) is 15.6. The monoisotopic (exact) mass is 412 g/mol. The van der Waals surface area contributed by atoms with Crippen LogP contribution in [0.15, 0.2) is 54.7 Å². The normalized spacial score (nSPS) is 15.0. The van der Waals surface area contributed by atoms with Crippen molar-refractivity contribution < 1.29 is 9.59 Å². The summed E-state index contributed by atoms with van der Waals surface area (Å²) in [7, 11) is 0. The molecule has 2 amide bonds. The molecule has 29 heavy (non-hydrogen) atoms. The highest BCUT2D eigenvalue weighted by atomic mass is 32.2. The fourth-order valence-corrected chi connectivity index (χ4v) is 4.14. The van der Waals surface area contributed by atoms with Gasteiger partial charge in [0.1, 0.15) is 0 Å². The summed E-state index contributed by atoms with van der Waals surface area (Å²) in [6.07, 6.45) is 4.08.